The second-order valence-corrected chi connectivity index (χ2v) is 9.95. The summed E-state index contributed by atoms with van der Waals surface area (Å²) in [5, 5.41) is 0. The molecule has 3 heterocycles. The van der Waals surface area contributed by atoms with Gasteiger partial charge in [-0.25, -0.2) is 9.79 Å². The molecule has 0 amide bonds. The topological polar surface area (TPSA) is 88.4 Å². The lowest BCUT2D eigenvalue weighted by Crippen LogP contribution is -2.40. The first kappa shape index (κ1) is 24.8. The second kappa shape index (κ2) is 10.3. The minimum Gasteiger partial charge on any atom is -0.494 e. The van der Waals surface area contributed by atoms with Gasteiger partial charge in [0.05, 0.1) is 34.6 Å². The number of hydrogen-bond acceptors (Lipinski definition) is 8. The van der Waals surface area contributed by atoms with Gasteiger partial charge in [0.1, 0.15) is 19.0 Å². The number of fused-ring (bicyclic) bond motifs is 2. The maximum absolute atomic E-state index is 13.8. The van der Waals surface area contributed by atoms with Crippen molar-refractivity contribution in [2.75, 3.05) is 19.8 Å². The van der Waals surface area contributed by atoms with Crippen molar-refractivity contribution in [3.05, 3.63) is 84.5 Å². The van der Waals surface area contributed by atoms with Crippen LogP contribution in [0.5, 0.6) is 17.2 Å². The van der Waals surface area contributed by atoms with Crippen LogP contribution < -0.4 is 29.1 Å². The molecule has 3 aromatic rings. The Morgan fingerprint density at radius 3 is 2.59 bits per heavy atom. The van der Waals surface area contributed by atoms with Crippen molar-refractivity contribution in [3.63, 3.8) is 0 Å². The zero-order valence-corrected chi connectivity index (χ0v) is 22.0. The molecule has 8 nitrogen and oxygen atoms in total. The summed E-state index contributed by atoms with van der Waals surface area (Å²) in [7, 11) is 0. The van der Waals surface area contributed by atoms with Crippen molar-refractivity contribution in [2.24, 2.45) is 4.99 Å². The van der Waals surface area contributed by atoms with E-state index in [0.29, 0.717) is 57.7 Å². The molecule has 1 aromatic heterocycles. The fraction of sp³-hybridized carbons (Fsp3) is 0.321. The Morgan fingerprint density at radius 2 is 1.89 bits per heavy atom. The normalized spacial score (nSPS) is 16.9. The van der Waals surface area contributed by atoms with Crippen molar-refractivity contribution < 1.29 is 23.7 Å². The maximum atomic E-state index is 13.8. The molecule has 5 rings (SSSR count). The van der Waals surface area contributed by atoms with Gasteiger partial charge in [0, 0.05) is 0 Å². The SMILES string of the molecule is CCOc1ccc([C@H]2C(C(=O)OC(C)C)=C(C)N=c3s/c(=C/c4ccc5c(c4)OCCO5)c(=O)n32)cc1. The number of aromatic nitrogens is 1. The van der Waals surface area contributed by atoms with E-state index in [1.165, 1.54) is 11.3 Å². The predicted octanol–water partition coefficient (Wildman–Crippen LogP) is 3.36. The van der Waals surface area contributed by atoms with Crippen molar-refractivity contribution in [1.82, 2.24) is 4.57 Å². The number of carbonyl (C=O) groups is 1. The van der Waals surface area contributed by atoms with Crippen LogP contribution in [0, 0.1) is 0 Å². The van der Waals surface area contributed by atoms with Crippen LogP contribution in [0.2, 0.25) is 0 Å². The third-order valence-corrected chi connectivity index (χ3v) is 6.94. The van der Waals surface area contributed by atoms with E-state index in [1.54, 1.807) is 25.3 Å². The Bertz CT molecular complexity index is 1550. The van der Waals surface area contributed by atoms with Crippen LogP contribution in [0.4, 0.5) is 0 Å². The van der Waals surface area contributed by atoms with Gasteiger partial charge >= 0.3 is 5.97 Å². The average molecular weight is 521 g/mol. The van der Waals surface area contributed by atoms with Gasteiger partial charge in [0.25, 0.3) is 5.56 Å². The highest BCUT2D eigenvalue weighted by Crippen LogP contribution is 2.33. The van der Waals surface area contributed by atoms with Gasteiger partial charge in [-0.15, -0.1) is 0 Å². The van der Waals surface area contributed by atoms with Crippen molar-refractivity contribution in [3.8, 4) is 17.2 Å². The lowest BCUT2D eigenvalue weighted by atomic mass is 9.96. The van der Waals surface area contributed by atoms with Gasteiger partial charge in [-0.05, 0) is 69.2 Å². The third kappa shape index (κ3) is 4.91. The first-order valence-electron chi connectivity index (χ1n) is 12.2. The third-order valence-electron chi connectivity index (χ3n) is 5.96. The van der Waals surface area contributed by atoms with Crippen LogP contribution >= 0.6 is 11.3 Å². The molecule has 0 fully saturated rings. The molecule has 2 aliphatic heterocycles. The summed E-state index contributed by atoms with van der Waals surface area (Å²) < 4.78 is 24.5. The molecule has 1 atom stereocenters. The van der Waals surface area contributed by atoms with Crippen molar-refractivity contribution >= 4 is 23.4 Å². The lowest BCUT2D eigenvalue weighted by molar-refractivity contribution is -0.143. The van der Waals surface area contributed by atoms with E-state index < -0.39 is 12.0 Å². The highest BCUT2D eigenvalue weighted by molar-refractivity contribution is 7.07. The highest BCUT2D eigenvalue weighted by Gasteiger charge is 2.33. The number of nitrogens with zero attached hydrogens (tertiary/aromatic N) is 2. The van der Waals surface area contributed by atoms with Gasteiger partial charge in [0.15, 0.2) is 16.3 Å². The molecular weight excluding hydrogens is 492 g/mol. The highest BCUT2D eigenvalue weighted by atomic mass is 32.1. The number of allylic oxidation sites excluding steroid dienone is 1. The van der Waals surface area contributed by atoms with Crippen LogP contribution in [0.25, 0.3) is 6.08 Å². The number of esters is 1. The molecule has 0 radical (unpaired) electrons. The molecular formula is C28H28N2O6S. The molecule has 192 valence electrons. The minimum absolute atomic E-state index is 0.236. The van der Waals surface area contributed by atoms with Crippen LogP contribution in [0.3, 0.4) is 0 Å². The molecule has 0 bridgehead atoms. The molecule has 0 spiro atoms. The van der Waals surface area contributed by atoms with E-state index in [2.05, 4.69) is 4.99 Å². The van der Waals surface area contributed by atoms with Gasteiger partial charge in [-0.3, -0.25) is 9.36 Å². The van der Waals surface area contributed by atoms with Crippen LogP contribution in [0.1, 0.15) is 44.9 Å². The molecule has 9 heteroatoms. The summed E-state index contributed by atoms with van der Waals surface area (Å²) in [4.78, 5) is 32.2. The number of carbonyl (C=O) groups excluding carboxylic acids is 1. The number of ether oxygens (including phenoxy) is 4. The summed E-state index contributed by atoms with van der Waals surface area (Å²) in [6.07, 6.45) is 1.50. The second-order valence-electron chi connectivity index (χ2n) is 8.94. The number of hydrogen-bond donors (Lipinski definition) is 0. The van der Waals surface area contributed by atoms with Gasteiger partial charge in [-0.1, -0.05) is 29.5 Å². The fourth-order valence-electron chi connectivity index (χ4n) is 4.39. The van der Waals surface area contributed by atoms with Crippen molar-refractivity contribution in [2.45, 2.75) is 39.8 Å². The summed E-state index contributed by atoms with van der Waals surface area (Å²) >= 11 is 1.28. The lowest BCUT2D eigenvalue weighted by Gasteiger charge is -2.25. The molecule has 0 aliphatic carbocycles. The largest absolute Gasteiger partial charge is 0.494 e. The van der Waals surface area contributed by atoms with E-state index >= 15 is 0 Å². The zero-order chi connectivity index (χ0) is 26.1. The van der Waals surface area contributed by atoms with Gasteiger partial charge in [-0.2, -0.15) is 0 Å². The molecule has 0 saturated carbocycles. The Labute approximate surface area is 218 Å². The monoisotopic (exact) mass is 520 g/mol. The minimum atomic E-state index is -0.680. The molecule has 37 heavy (non-hydrogen) atoms. The smallest absolute Gasteiger partial charge is 0.338 e. The first-order valence-corrected chi connectivity index (χ1v) is 13.0. The van der Waals surface area contributed by atoms with E-state index in [-0.39, 0.29) is 11.7 Å². The van der Waals surface area contributed by atoms with E-state index in [9.17, 15) is 9.59 Å². The number of rotatable bonds is 6. The van der Waals surface area contributed by atoms with Crippen LogP contribution in [0.15, 0.2) is 63.5 Å². The van der Waals surface area contributed by atoms with E-state index in [4.69, 9.17) is 18.9 Å². The van der Waals surface area contributed by atoms with E-state index in [1.807, 2.05) is 55.5 Å². The van der Waals surface area contributed by atoms with E-state index in [0.717, 1.165) is 11.1 Å². The predicted molar refractivity (Wildman–Crippen MR) is 140 cm³/mol. The molecule has 2 aliphatic rings. The average Bonchev–Trinajstić information content (AvgIpc) is 3.17. The van der Waals surface area contributed by atoms with Crippen LogP contribution in [-0.4, -0.2) is 36.5 Å². The van der Waals surface area contributed by atoms with Gasteiger partial charge < -0.3 is 18.9 Å². The summed E-state index contributed by atoms with van der Waals surface area (Å²) in [5.74, 6) is 1.56. The zero-order valence-electron chi connectivity index (χ0n) is 21.1. The number of benzene rings is 2. The molecule has 0 saturated heterocycles. The summed E-state index contributed by atoms with van der Waals surface area (Å²) in [6.45, 7) is 8.81. The Hall–Kier alpha value is -3.85. The van der Waals surface area contributed by atoms with Crippen molar-refractivity contribution in [1.29, 1.82) is 0 Å². The molecule has 2 aromatic carbocycles. The first-order chi connectivity index (χ1) is 17.9. The van der Waals surface area contributed by atoms with Crippen LogP contribution in [-0.2, 0) is 9.53 Å². The maximum Gasteiger partial charge on any atom is 0.338 e. The fourth-order valence-corrected chi connectivity index (χ4v) is 5.44. The number of thiazole rings is 1. The molecule has 0 N–H and O–H groups in total. The Balaban J connectivity index is 1.64. The van der Waals surface area contributed by atoms with Gasteiger partial charge in [0.2, 0.25) is 0 Å². The quantitative estimate of drug-likeness (QED) is 0.463. The Morgan fingerprint density at radius 1 is 1.16 bits per heavy atom. The summed E-state index contributed by atoms with van der Waals surface area (Å²) in [6, 6.07) is 12.3. The Kier molecular flexibility index (Phi) is 6.88. The molecule has 0 unspecified atom stereocenters. The summed E-state index contributed by atoms with van der Waals surface area (Å²) in [5.41, 5.74) is 2.20. The standard InChI is InChI=1S/C28H28N2O6S/c1-5-33-20-9-7-19(8-10-20)25-24(27(32)36-16(2)3)17(4)29-28-30(25)26(31)23(37-28)15-18-6-11-21-22(14-18)35-13-12-34-21/h6-11,14-16,25H,5,12-13H2,1-4H3/b23-15+/t25-/m0/s1.